The monoisotopic (exact) mass is 415 g/mol. The Morgan fingerprint density at radius 1 is 1.11 bits per heavy atom. The number of halogens is 3. The number of hydrogen-bond donors (Lipinski definition) is 0. The molecule has 0 aromatic carbocycles. The molecule has 0 aliphatic rings. The first-order valence-electron chi connectivity index (χ1n) is 8.25. The highest BCUT2D eigenvalue weighted by Crippen LogP contribution is 2.51. The van der Waals surface area contributed by atoms with Gasteiger partial charge in [0.15, 0.2) is 5.69 Å². The van der Waals surface area contributed by atoms with Gasteiger partial charge in [0.25, 0.3) is 0 Å². The minimum atomic E-state index is -5.00. The summed E-state index contributed by atoms with van der Waals surface area (Å²) in [6.45, 7) is 9.84. The fourth-order valence-electron chi connectivity index (χ4n) is 2.05. The maximum atomic E-state index is 13.7. The van der Waals surface area contributed by atoms with Crippen molar-refractivity contribution in [3.05, 3.63) is 5.69 Å². The second-order valence-electron chi connectivity index (χ2n) is 7.31. The quantitative estimate of drug-likeness (QED) is 0.498. The number of hydrogen-bond acceptors (Lipinski definition) is 7. The van der Waals surface area contributed by atoms with Crippen LogP contribution in [0.4, 0.5) is 13.2 Å². The Kier molecular flexibility index (Phi) is 7.23. The zero-order chi connectivity index (χ0) is 21.2. The SMILES string of the molecule is CC(C)OP(=O)(OC(C)C)c1nnn(CC(=O)OC(C)(C)C)c1C(F)(F)F. The minimum Gasteiger partial charge on any atom is -0.459 e. The maximum absolute atomic E-state index is 13.7. The van der Waals surface area contributed by atoms with Crippen LogP contribution in [0.2, 0.25) is 0 Å². The standard InChI is InChI=1S/C15H25F3N3O5P/c1-9(2)25-27(23,26-10(3)4)13-12(15(16,17)18)21(20-19-13)8-11(22)24-14(5,6)7/h9-10H,8H2,1-7H3. The lowest BCUT2D eigenvalue weighted by atomic mass is 10.2. The molecule has 0 aliphatic carbocycles. The van der Waals surface area contributed by atoms with Crippen LogP contribution in [-0.4, -0.2) is 38.8 Å². The molecule has 156 valence electrons. The van der Waals surface area contributed by atoms with E-state index in [0.717, 1.165) is 0 Å². The second-order valence-corrected chi connectivity index (χ2v) is 9.15. The number of carbonyl (C=O) groups excluding carboxylic acids is 1. The van der Waals surface area contributed by atoms with Gasteiger partial charge < -0.3 is 13.8 Å². The van der Waals surface area contributed by atoms with E-state index in [4.69, 9.17) is 13.8 Å². The number of aromatic nitrogens is 3. The highest BCUT2D eigenvalue weighted by atomic mass is 31.2. The van der Waals surface area contributed by atoms with Crippen molar-refractivity contribution in [2.75, 3.05) is 0 Å². The number of esters is 1. The van der Waals surface area contributed by atoms with Crippen molar-refractivity contribution in [3.63, 3.8) is 0 Å². The third-order valence-corrected chi connectivity index (χ3v) is 4.86. The zero-order valence-corrected chi connectivity index (χ0v) is 17.2. The van der Waals surface area contributed by atoms with Gasteiger partial charge in [-0.2, -0.15) is 13.2 Å². The molecular formula is C15H25F3N3O5P. The lowest BCUT2D eigenvalue weighted by molar-refractivity contribution is -0.157. The van der Waals surface area contributed by atoms with E-state index < -0.39 is 55.2 Å². The molecule has 0 atom stereocenters. The van der Waals surface area contributed by atoms with Gasteiger partial charge in [-0.1, -0.05) is 5.21 Å². The Morgan fingerprint density at radius 3 is 1.96 bits per heavy atom. The molecule has 1 rings (SSSR count). The lowest BCUT2D eigenvalue weighted by Gasteiger charge is -2.22. The van der Waals surface area contributed by atoms with Crippen LogP contribution < -0.4 is 5.44 Å². The summed E-state index contributed by atoms with van der Waals surface area (Å²) in [5, 5.41) is 6.73. The smallest absolute Gasteiger partial charge is 0.435 e. The Hall–Kier alpha value is -1.45. The van der Waals surface area contributed by atoms with Crippen molar-refractivity contribution in [1.29, 1.82) is 0 Å². The van der Waals surface area contributed by atoms with E-state index in [2.05, 4.69) is 10.3 Å². The van der Waals surface area contributed by atoms with Crippen LogP contribution in [-0.2, 0) is 35.9 Å². The summed E-state index contributed by atoms with van der Waals surface area (Å²) in [6, 6.07) is 0. The van der Waals surface area contributed by atoms with Crippen LogP contribution >= 0.6 is 7.60 Å². The van der Waals surface area contributed by atoms with Gasteiger partial charge in [-0.3, -0.25) is 9.36 Å². The van der Waals surface area contributed by atoms with Crippen molar-refractivity contribution in [2.45, 2.75) is 79.0 Å². The first-order valence-corrected chi connectivity index (χ1v) is 9.79. The largest absolute Gasteiger partial charge is 0.459 e. The van der Waals surface area contributed by atoms with E-state index in [-0.39, 0.29) is 0 Å². The fourth-order valence-corrected chi connectivity index (χ4v) is 4.06. The third kappa shape index (κ3) is 6.90. The van der Waals surface area contributed by atoms with Crippen LogP contribution in [0.1, 0.15) is 54.2 Å². The first kappa shape index (κ1) is 23.6. The van der Waals surface area contributed by atoms with E-state index in [1.165, 1.54) is 27.7 Å². The van der Waals surface area contributed by atoms with Gasteiger partial charge in [0.05, 0.1) is 12.2 Å². The van der Waals surface area contributed by atoms with Gasteiger partial charge in [0, 0.05) is 0 Å². The molecule has 1 aromatic rings. The molecule has 0 N–H and O–H groups in total. The van der Waals surface area contributed by atoms with Crippen molar-refractivity contribution < 1.29 is 36.3 Å². The highest BCUT2D eigenvalue weighted by molar-refractivity contribution is 7.62. The topological polar surface area (TPSA) is 92.5 Å². The number of ether oxygens (including phenoxy) is 1. The Labute approximate surface area is 155 Å². The molecule has 0 bridgehead atoms. The molecule has 0 radical (unpaired) electrons. The highest BCUT2D eigenvalue weighted by Gasteiger charge is 2.48. The Morgan fingerprint density at radius 2 is 1.59 bits per heavy atom. The molecule has 0 unspecified atom stereocenters. The molecular weight excluding hydrogens is 390 g/mol. The lowest BCUT2D eigenvalue weighted by Crippen LogP contribution is -2.30. The van der Waals surface area contributed by atoms with E-state index in [0.29, 0.717) is 4.68 Å². The molecule has 0 saturated heterocycles. The van der Waals surface area contributed by atoms with E-state index in [1.54, 1.807) is 20.8 Å². The number of nitrogens with zero attached hydrogens (tertiary/aromatic N) is 3. The van der Waals surface area contributed by atoms with Gasteiger partial charge >= 0.3 is 19.7 Å². The molecule has 1 aromatic heterocycles. The molecule has 0 aliphatic heterocycles. The molecule has 0 spiro atoms. The van der Waals surface area contributed by atoms with Crippen molar-refractivity contribution in [2.24, 2.45) is 0 Å². The zero-order valence-electron chi connectivity index (χ0n) is 16.3. The van der Waals surface area contributed by atoms with E-state index >= 15 is 0 Å². The summed E-state index contributed by atoms with van der Waals surface area (Å²) in [5.74, 6) is -0.950. The average molecular weight is 415 g/mol. The summed E-state index contributed by atoms with van der Waals surface area (Å²) in [5.41, 5.74) is -3.35. The molecule has 12 heteroatoms. The average Bonchev–Trinajstić information content (AvgIpc) is 2.78. The van der Waals surface area contributed by atoms with E-state index in [9.17, 15) is 22.5 Å². The van der Waals surface area contributed by atoms with Crippen LogP contribution in [0.25, 0.3) is 0 Å². The summed E-state index contributed by atoms with van der Waals surface area (Å²) in [7, 11) is -4.45. The van der Waals surface area contributed by atoms with Crippen LogP contribution in [0.3, 0.4) is 0 Å². The van der Waals surface area contributed by atoms with Crippen LogP contribution in [0, 0.1) is 0 Å². The second kappa shape index (κ2) is 8.28. The molecule has 0 fully saturated rings. The molecule has 8 nitrogen and oxygen atoms in total. The molecule has 1 heterocycles. The maximum Gasteiger partial charge on any atom is 0.435 e. The van der Waals surface area contributed by atoms with Crippen molar-refractivity contribution in [3.8, 4) is 0 Å². The van der Waals surface area contributed by atoms with Crippen LogP contribution in [0.5, 0.6) is 0 Å². The summed E-state index contributed by atoms with van der Waals surface area (Å²) in [6.07, 6.45) is -6.41. The summed E-state index contributed by atoms with van der Waals surface area (Å²) < 4.78 is 69.6. The van der Waals surface area contributed by atoms with Gasteiger partial charge in [0.2, 0.25) is 5.44 Å². The number of carbonyl (C=O) groups is 1. The molecule has 0 amide bonds. The van der Waals surface area contributed by atoms with Gasteiger partial charge in [-0.05, 0) is 48.5 Å². The third-order valence-electron chi connectivity index (χ3n) is 2.64. The number of rotatable bonds is 7. The normalized spacial score (nSPS) is 13.5. The number of alkyl halides is 3. The predicted molar refractivity (Wildman–Crippen MR) is 90.6 cm³/mol. The van der Waals surface area contributed by atoms with Gasteiger partial charge in [-0.25, -0.2) is 4.68 Å². The first-order chi connectivity index (χ1) is 12.0. The van der Waals surface area contributed by atoms with Gasteiger partial charge in [0.1, 0.15) is 12.1 Å². The van der Waals surface area contributed by atoms with Gasteiger partial charge in [-0.15, -0.1) is 5.10 Å². The predicted octanol–water partition coefficient (Wildman–Crippen LogP) is 3.31. The summed E-state index contributed by atoms with van der Waals surface area (Å²) >= 11 is 0. The molecule has 0 saturated carbocycles. The van der Waals surface area contributed by atoms with Crippen LogP contribution in [0.15, 0.2) is 0 Å². The fraction of sp³-hybridized carbons (Fsp3) is 0.800. The van der Waals surface area contributed by atoms with E-state index in [1.807, 2.05) is 0 Å². The minimum absolute atomic E-state index is 0.295. The Balaban J connectivity index is 3.41. The van der Waals surface area contributed by atoms with Crippen molar-refractivity contribution in [1.82, 2.24) is 15.0 Å². The molecule has 27 heavy (non-hydrogen) atoms. The summed E-state index contributed by atoms with van der Waals surface area (Å²) in [4.78, 5) is 11.9. The Bertz CT molecular complexity index is 697. The van der Waals surface area contributed by atoms with Crippen molar-refractivity contribution >= 4 is 19.0 Å².